The molecule has 4 nitrogen and oxygen atoms in total. The molecule has 0 saturated carbocycles. The van der Waals surface area contributed by atoms with Gasteiger partial charge >= 0.3 is 0 Å². The molecule has 3 heterocycles. The van der Waals surface area contributed by atoms with Crippen molar-refractivity contribution in [2.45, 2.75) is 18.4 Å². The van der Waals surface area contributed by atoms with Gasteiger partial charge < -0.3 is 14.6 Å². The maximum absolute atomic E-state index is 5.37. The Morgan fingerprint density at radius 2 is 1.68 bits per heavy atom. The van der Waals surface area contributed by atoms with E-state index in [9.17, 15) is 0 Å². The Hall–Kier alpha value is -3.24. The summed E-state index contributed by atoms with van der Waals surface area (Å²) >= 11 is 0. The smallest absolute Gasteiger partial charge is 0.119 e. The third-order valence-corrected chi connectivity index (χ3v) is 7.00. The van der Waals surface area contributed by atoms with Gasteiger partial charge in [-0.25, -0.2) is 0 Å². The molecule has 1 saturated heterocycles. The number of nitrogens with one attached hydrogen (secondary N) is 1. The van der Waals surface area contributed by atoms with Gasteiger partial charge in [-0.05, 0) is 47.9 Å². The fourth-order valence-electron chi connectivity index (χ4n) is 5.52. The first kappa shape index (κ1) is 18.5. The molecule has 6 rings (SSSR count). The van der Waals surface area contributed by atoms with Gasteiger partial charge in [-0.1, -0.05) is 48.5 Å². The van der Waals surface area contributed by atoms with Crippen molar-refractivity contribution in [2.75, 3.05) is 31.8 Å². The van der Waals surface area contributed by atoms with Crippen LogP contribution in [0.25, 0.3) is 10.9 Å². The van der Waals surface area contributed by atoms with Crippen LogP contribution in [0.3, 0.4) is 0 Å². The highest BCUT2D eigenvalue weighted by Gasteiger charge is 2.41. The summed E-state index contributed by atoms with van der Waals surface area (Å²) in [6.07, 6.45) is 1.09. The largest absolute Gasteiger partial charge is 0.497 e. The first-order valence-electron chi connectivity index (χ1n) is 11.1. The predicted molar refractivity (Wildman–Crippen MR) is 126 cm³/mol. The highest BCUT2D eigenvalue weighted by molar-refractivity contribution is 5.85. The number of ether oxygens (including phenoxy) is 1. The van der Waals surface area contributed by atoms with Crippen LogP contribution in [0, 0.1) is 0 Å². The van der Waals surface area contributed by atoms with Crippen molar-refractivity contribution < 1.29 is 4.74 Å². The monoisotopic (exact) mass is 409 g/mol. The molecule has 0 unspecified atom stereocenters. The normalized spacial score (nSPS) is 21.0. The Balaban J connectivity index is 1.43. The molecule has 1 fully saturated rings. The van der Waals surface area contributed by atoms with Gasteiger partial charge in [-0.15, -0.1) is 0 Å². The third kappa shape index (κ3) is 3.10. The number of rotatable bonds is 3. The minimum absolute atomic E-state index is 0.369. The minimum Gasteiger partial charge on any atom is -0.497 e. The van der Waals surface area contributed by atoms with Gasteiger partial charge in [0.25, 0.3) is 0 Å². The van der Waals surface area contributed by atoms with Crippen LogP contribution >= 0.6 is 0 Å². The summed E-state index contributed by atoms with van der Waals surface area (Å²) in [7, 11) is 1.72. The zero-order valence-corrected chi connectivity index (χ0v) is 17.8. The molecule has 31 heavy (non-hydrogen) atoms. The summed E-state index contributed by atoms with van der Waals surface area (Å²) in [5.41, 5.74) is 6.84. The van der Waals surface area contributed by atoms with Gasteiger partial charge in [0.15, 0.2) is 0 Å². The predicted octanol–water partition coefficient (Wildman–Crippen LogP) is 5.34. The van der Waals surface area contributed by atoms with Crippen LogP contribution in [0.5, 0.6) is 5.75 Å². The topological polar surface area (TPSA) is 31.5 Å². The van der Waals surface area contributed by atoms with E-state index in [1.54, 1.807) is 7.11 Å². The number of aromatic amines is 1. The molecular formula is C27H27N3O. The maximum atomic E-state index is 5.37. The average Bonchev–Trinajstić information content (AvgIpc) is 3.23. The molecule has 0 radical (unpaired) electrons. The molecule has 0 bridgehead atoms. The number of fused-ring (bicyclic) bond motifs is 5. The van der Waals surface area contributed by atoms with Gasteiger partial charge in [0.2, 0.25) is 0 Å². The van der Waals surface area contributed by atoms with Gasteiger partial charge in [0.05, 0.1) is 19.8 Å². The Morgan fingerprint density at radius 1 is 0.903 bits per heavy atom. The number of aromatic nitrogens is 1. The van der Waals surface area contributed by atoms with Crippen molar-refractivity contribution in [3.63, 3.8) is 0 Å². The minimum atomic E-state index is 0.369. The van der Waals surface area contributed by atoms with E-state index >= 15 is 0 Å². The van der Waals surface area contributed by atoms with E-state index in [4.69, 9.17) is 4.74 Å². The fraction of sp³-hybridized carbons (Fsp3) is 0.259. The Kier molecular flexibility index (Phi) is 4.46. The number of methoxy groups -OCH3 is 1. The van der Waals surface area contributed by atoms with Crippen LogP contribution in [0.1, 0.15) is 28.8 Å². The quantitative estimate of drug-likeness (QED) is 0.496. The Bertz CT molecular complexity index is 1200. The molecule has 2 aliphatic heterocycles. The van der Waals surface area contributed by atoms with E-state index in [2.05, 4.69) is 93.6 Å². The van der Waals surface area contributed by atoms with E-state index in [1.807, 2.05) is 0 Å². The number of nitrogens with zero attached hydrogens (tertiary/aromatic N) is 2. The molecule has 0 spiro atoms. The fourth-order valence-corrected chi connectivity index (χ4v) is 5.52. The highest BCUT2D eigenvalue weighted by atomic mass is 16.5. The van der Waals surface area contributed by atoms with Crippen LogP contribution in [0.4, 0.5) is 5.69 Å². The van der Waals surface area contributed by atoms with Crippen molar-refractivity contribution in [1.29, 1.82) is 0 Å². The van der Waals surface area contributed by atoms with Crippen LogP contribution < -0.4 is 9.64 Å². The number of anilines is 1. The number of hydrogen-bond donors (Lipinski definition) is 1. The standard InChI is InChI=1S/C27H27N3O/c1-31-21-13-11-20(12-14-21)30-17-24(19-7-3-2-4-8-19)27-26-23(15-16-29(27)18-30)22-9-5-6-10-25(22)28-26/h2-14,24,27-28H,15-18H2,1H3/t24-,27-/m0/s1. The summed E-state index contributed by atoms with van der Waals surface area (Å²) in [6.45, 7) is 3.01. The SMILES string of the molecule is COc1ccc(N2C[C@@H](c3ccccc3)[C@H]3c4[nH]c5ccccc5c4CCN3C2)cc1. The van der Waals surface area contributed by atoms with E-state index in [0.29, 0.717) is 12.0 Å². The van der Waals surface area contributed by atoms with Crippen LogP contribution in [-0.2, 0) is 6.42 Å². The molecule has 2 aliphatic rings. The van der Waals surface area contributed by atoms with Gasteiger partial charge in [0.1, 0.15) is 5.75 Å². The van der Waals surface area contributed by atoms with Crippen molar-refractivity contribution in [3.8, 4) is 5.75 Å². The molecule has 4 aromatic rings. The first-order valence-corrected chi connectivity index (χ1v) is 11.1. The number of para-hydroxylation sites is 1. The highest BCUT2D eigenvalue weighted by Crippen LogP contribution is 2.45. The summed E-state index contributed by atoms with van der Waals surface area (Å²) in [5.74, 6) is 1.29. The summed E-state index contributed by atoms with van der Waals surface area (Å²) in [6, 6.07) is 28.6. The van der Waals surface area contributed by atoms with E-state index in [0.717, 1.165) is 31.9 Å². The lowest BCUT2D eigenvalue weighted by Crippen LogP contribution is -2.53. The molecule has 0 aliphatic carbocycles. The van der Waals surface area contributed by atoms with Gasteiger partial charge in [0, 0.05) is 41.3 Å². The molecule has 4 heteroatoms. The number of hydrogen-bond acceptors (Lipinski definition) is 3. The van der Waals surface area contributed by atoms with E-state index in [1.165, 1.54) is 33.4 Å². The van der Waals surface area contributed by atoms with Crippen molar-refractivity contribution in [1.82, 2.24) is 9.88 Å². The van der Waals surface area contributed by atoms with Crippen molar-refractivity contribution in [3.05, 3.63) is 95.7 Å². The zero-order valence-electron chi connectivity index (χ0n) is 17.8. The zero-order chi connectivity index (χ0) is 20.8. The molecular weight excluding hydrogens is 382 g/mol. The lowest BCUT2D eigenvalue weighted by atomic mass is 9.82. The first-order chi connectivity index (χ1) is 15.3. The lowest BCUT2D eigenvalue weighted by molar-refractivity contribution is 0.126. The molecule has 0 amide bonds. The Labute approximate surface area is 183 Å². The number of H-pyrrole nitrogens is 1. The van der Waals surface area contributed by atoms with E-state index in [-0.39, 0.29) is 0 Å². The van der Waals surface area contributed by atoms with Crippen molar-refractivity contribution >= 4 is 16.6 Å². The summed E-state index contributed by atoms with van der Waals surface area (Å²) in [4.78, 5) is 8.98. The van der Waals surface area contributed by atoms with Crippen LogP contribution in [0.15, 0.2) is 78.9 Å². The average molecular weight is 410 g/mol. The number of benzene rings is 3. The maximum Gasteiger partial charge on any atom is 0.119 e. The molecule has 2 atom stereocenters. The second-order valence-electron chi connectivity index (χ2n) is 8.65. The Morgan fingerprint density at radius 3 is 2.48 bits per heavy atom. The second-order valence-corrected chi connectivity index (χ2v) is 8.65. The molecule has 1 N–H and O–H groups in total. The van der Waals surface area contributed by atoms with E-state index < -0.39 is 0 Å². The molecule has 156 valence electrons. The van der Waals surface area contributed by atoms with Crippen LogP contribution in [-0.4, -0.2) is 36.8 Å². The van der Waals surface area contributed by atoms with Gasteiger partial charge in [-0.2, -0.15) is 0 Å². The third-order valence-electron chi connectivity index (χ3n) is 7.00. The molecule has 1 aromatic heterocycles. The summed E-state index contributed by atoms with van der Waals surface area (Å²) in [5, 5.41) is 1.39. The summed E-state index contributed by atoms with van der Waals surface area (Å²) < 4.78 is 5.37. The van der Waals surface area contributed by atoms with Gasteiger partial charge in [-0.3, -0.25) is 4.90 Å². The second kappa shape index (κ2) is 7.47. The molecule has 3 aromatic carbocycles. The lowest BCUT2D eigenvalue weighted by Gasteiger charge is -2.49. The van der Waals surface area contributed by atoms with Crippen LogP contribution in [0.2, 0.25) is 0 Å². The van der Waals surface area contributed by atoms with Crippen molar-refractivity contribution in [2.24, 2.45) is 0 Å².